The molecule has 0 radical (unpaired) electrons. The molecule has 1 amide bonds. The van der Waals surface area contributed by atoms with Gasteiger partial charge in [0.1, 0.15) is 23.5 Å². The van der Waals surface area contributed by atoms with Crippen LogP contribution in [0.5, 0.6) is 5.75 Å². The van der Waals surface area contributed by atoms with Gasteiger partial charge in [-0.15, -0.1) is 10.2 Å². The molecule has 1 N–H and O–H groups in total. The quantitative estimate of drug-likeness (QED) is 0.437. The Bertz CT molecular complexity index is 1430. The molecule has 0 saturated carbocycles. The van der Waals surface area contributed by atoms with Crippen molar-refractivity contribution in [3.05, 3.63) is 75.4 Å². The Labute approximate surface area is 203 Å². The van der Waals surface area contributed by atoms with Gasteiger partial charge in [-0.05, 0) is 31.5 Å². The zero-order valence-electron chi connectivity index (χ0n) is 19.0. The second-order valence-electron chi connectivity index (χ2n) is 8.60. The molecule has 1 atom stereocenters. The van der Waals surface area contributed by atoms with Gasteiger partial charge in [0.05, 0.1) is 18.2 Å². The lowest BCUT2D eigenvalue weighted by atomic mass is 10.1. The van der Waals surface area contributed by atoms with Crippen molar-refractivity contribution in [2.45, 2.75) is 38.9 Å². The number of halogens is 1. The van der Waals surface area contributed by atoms with E-state index >= 15 is 0 Å². The maximum atomic E-state index is 13.2. The van der Waals surface area contributed by atoms with E-state index in [0.717, 1.165) is 5.56 Å². The molecule has 0 saturated heterocycles. The predicted octanol–water partition coefficient (Wildman–Crippen LogP) is 2.50. The molecular weight excluding hydrogens is 473 g/mol. The van der Waals surface area contributed by atoms with E-state index in [1.54, 1.807) is 38.8 Å². The smallest absolute Gasteiger partial charge is 0.274 e. The van der Waals surface area contributed by atoms with E-state index in [9.17, 15) is 19.1 Å². The summed E-state index contributed by atoms with van der Waals surface area (Å²) in [5, 5.41) is 24.3. The number of amides is 1. The lowest BCUT2D eigenvalue weighted by Crippen LogP contribution is -2.48. The van der Waals surface area contributed by atoms with E-state index in [0.29, 0.717) is 29.5 Å². The first-order valence-corrected chi connectivity index (χ1v) is 11.8. The summed E-state index contributed by atoms with van der Waals surface area (Å²) in [7, 11) is 0. The van der Waals surface area contributed by atoms with Gasteiger partial charge in [-0.2, -0.15) is 5.10 Å². The molecule has 1 aromatic carbocycles. The van der Waals surface area contributed by atoms with Crippen LogP contribution < -0.4 is 5.43 Å². The van der Waals surface area contributed by atoms with Gasteiger partial charge in [-0.25, -0.2) is 9.37 Å². The first-order chi connectivity index (χ1) is 16.8. The van der Waals surface area contributed by atoms with Crippen LogP contribution in [0.25, 0.3) is 10.6 Å². The van der Waals surface area contributed by atoms with Crippen molar-refractivity contribution in [3.63, 3.8) is 0 Å². The number of aromatic nitrogens is 6. The second kappa shape index (κ2) is 9.02. The predicted molar refractivity (Wildman–Crippen MR) is 126 cm³/mol. The fraction of sp³-hybridized carbons (Fsp3) is 0.304. The van der Waals surface area contributed by atoms with E-state index < -0.39 is 17.1 Å². The Balaban J connectivity index is 1.55. The summed E-state index contributed by atoms with van der Waals surface area (Å²) in [5.41, 5.74) is 0.272. The molecule has 10 nitrogen and oxygen atoms in total. The van der Waals surface area contributed by atoms with Crippen molar-refractivity contribution < 1.29 is 14.3 Å². The first-order valence-electron chi connectivity index (χ1n) is 11.0. The molecule has 1 aliphatic heterocycles. The van der Waals surface area contributed by atoms with Gasteiger partial charge in [0.15, 0.2) is 16.5 Å². The number of rotatable bonds is 6. The van der Waals surface area contributed by atoms with Crippen LogP contribution in [0.15, 0.2) is 47.9 Å². The average Bonchev–Trinajstić information content (AvgIpc) is 3.51. The number of carbonyl (C=O) groups is 1. The van der Waals surface area contributed by atoms with Gasteiger partial charge in [0.25, 0.3) is 5.91 Å². The Morgan fingerprint density at radius 2 is 1.97 bits per heavy atom. The Morgan fingerprint density at radius 3 is 2.66 bits per heavy atom. The van der Waals surface area contributed by atoms with Crippen LogP contribution in [-0.2, 0) is 13.0 Å². The minimum absolute atomic E-state index is 0.0557. The molecule has 1 aliphatic rings. The number of nitrogens with zero attached hydrogens (tertiary/aromatic N) is 7. The van der Waals surface area contributed by atoms with E-state index in [2.05, 4.69) is 20.3 Å². The summed E-state index contributed by atoms with van der Waals surface area (Å²) in [5.74, 6) is -1.35. The molecule has 0 fully saturated rings. The number of hydrogen-bond acceptors (Lipinski definition) is 8. The second-order valence-corrected chi connectivity index (χ2v) is 9.67. The Hall–Kier alpha value is -3.93. The van der Waals surface area contributed by atoms with E-state index in [1.807, 2.05) is 13.8 Å². The summed E-state index contributed by atoms with van der Waals surface area (Å²) in [6.45, 7) is 4.52. The van der Waals surface area contributed by atoms with Gasteiger partial charge in [0.2, 0.25) is 5.43 Å². The van der Waals surface area contributed by atoms with Gasteiger partial charge in [-0.3, -0.25) is 14.3 Å². The molecule has 0 aliphatic carbocycles. The van der Waals surface area contributed by atoms with Crippen LogP contribution in [0.1, 0.15) is 40.9 Å². The highest BCUT2D eigenvalue weighted by atomic mass is 32.1. The monoisotopic (exact) mass is 495 g/mol. The standard InChI is InChI=1S/C23H22FN7O3S/c1-13(2)30-9-16(8-29-12-25-11-26-29)31-10-17(20(32)21(33)19(31)23(30)34)22-28-27-18(35-22)7-14-3-5-15(24)6-4-14/h3-6,10-13,16,33H,7-9H2,1-2H3/t16-/m0/s1. The molecule has 35 heavy (non-hydrogen) atoms. The van der Waals surface area contributed by atoms with Crippen molar-refractivity contribution in [2.75, 3.05) is 6.54 Å². The zero-order chi connectivity index (χ0) is 24.7. The highest BCUT2D eigenvalue weighted by Crippen LogP contribution is 2.32. The van der Waals surface area contributed by atoms with Crippen molar-refractivity contribution in [2.24, 2.45) is 0 Å². The molecule has 12 heteroatoms. The van der Waals surface area contributed by atoms with Crippen molar-refractivity contribution in [1.29, 1.82) is 0 Å². The van der Waals surface area contributed by atoms with Crippen molar-refractivity contribution in [1.82, 2.24) is 34.4 Å². The summed E-state index contributed by atoms with van der Waals surface area (Å²) in [6.07, 6.45) is 4.99. The van der Waals surface area contributed by atoms with Crippen LogP contribution >= 0.6 is 11.3 Å². The Kier molecular flexibility index (Phi) is 5.89. The van der Waals surface area contributed by atoms with Crippen molar-refractivity contribution >= 4 is 17.2 Å². The number of carbonyl (C=O) groups excluding carboxylic acids is 1. The summed E-state index contributed by atoms with van der Waals surface area (Å²) in [4.78, 5) is 31.9. The normalized spacial score (nSPS) is 15.6. The largest absolute Gasteiger partial charge is 0.503 e. The number of aromatic hydroxyl groups is 1. The molecule has 5 rings (SSSR count). The molecule has 0 bridgehead atoms. The van der Waals surface area contributed by atoms with Crippen LogP contribution in [0.3, 0.4) is 0 Å². The summed E-state index contributed by atoms with van der Waals surface area (Å²) in [6, 6.07) is 5.65. The fourth-order valence-electron chi connectivity index (χ4n) is 4.15. The van der Waals surface area contributed by atoms with Gasteiger partial charge < -0.3 is 14.6 Å². The highest BCUT2D eigenvalue weighted by Gasteiger charge is 2.36. The molecule has 180 valence electrons. The van der Waals surface area contributed by atoms with E-state index in [4.69, 9.17) is 0 Å². The van der Waals surface area contributed by atoms with Crippen LogP contribution in [0, 0.1) is 5.82 Å². The summed E-state index contributed by atoms with van der Waals surface area (Å²) < 4.78 is 16.5. The lowest BCUT2D eigenvalue weighted by molar-refractivity contribution is 0.0585. The van der Waals surface area contributed by atoms with Gasteiger partial charge in [-0.1, -0.05) is 23.5 Å². The molecule has 0 unspecified atom stereocenters. The van der Waals surface area contributed by atoms with E-state index in [1.165, 1.54) is 29.8 Å². The number of hydrogen-bond donors (Lipinski definition) is 1. The SMILES string of the molecule is CC(C)N1C[C@H](Cn2cncn2)n2cc(-c3nnc(Cc4ccc(F)cc4)s3)c(=O)c(O)c2C1=O. The fourth-order valence-corrected chi connectivity index (χ4v) is 5.03. The third-order valence-corrected chi connectivity index (χ3v) is 6.88. The third kappa shape index (κ3) is 4.32. The van der Waals surface area contributed by atoms with Gasteiger partial charge >= 0.3 is 0 Å². The number of pyridine rings is 1. The summed E-state index contributed by atoms with van der Waals surface area (Å²) >= 11 is 1.21. The molecular formula is C23H22FN7O3S. The minimum atomic E-state index is -0.681. The van der Waals surface area contributed by atoms with Crippen molar-refractivity contribution in [3.8, 4) is 16.3 Å². The molecule has 0 spiro atoms. The lowest BCUT2D eigenvalue weighted by Gasteiger charge is -2.38. The molecule has 3 aromatic heterocycles. The van der Waals surface area contributed by atoms with Crippen LogP contribution in [0.2, 0.25) is 0 Å². The topological polar surface area (TPSA) is 119 Å². The maximum absolute atomic E-state index is 13.2. The first kappa shape index (κ1) is 22.8. The molecule has 4 aromatic rings. The Morgan fingerprint density at radius 1 is 1.20 bits per heavy atom. The highest BCUT2D eigenvalue weighted by molar-refractivity contribution is 7.14. The number of benzene rings is 1. The average molecular weight is 496 g/mol. The zero-order valence-corrected chi connectivity index (χ0v) is 19.8. The van der Waals surface area contributed by atoms with Crippen LogP contribution in [-0.4, -0.2) is 58.0 Å². The number of fused-ring (bicyclic) bond motifs is 1. The maximum Gasteiger partial charge on any atom is 0.274 e. The van der Waals surface area contributed by atoms with Gasteiger partial charge in [0, 0.05) is 25.2 Å². The third-order valence-electron chi connectivity index (χ3n) is 5.93. The molecule has 4 heterocycles. The minimum Gasteiger partial charge on any atom is -0.503 e. The van der Waals surface area contributed by atoms with E-state index in [-0.39, 0.29) is 29.2 Å². The van der Waals surface area contributed by atoms with Crippen LogP contribution in [0.4, 0.5) is 4.39 Å².